The number of hydrogen-bond acceptors (Lipinski definition) is 4. The Morgan fingerprint density at radius 1 is 0.810 bits per heavy atom. The van der Waals surface area contributed by atoms with Crippen LogP contribution in [0.15, 0.2) is 46.0 Å². The molecule has 2 aromatic heterocycles. The molecule has 0 aliphatic carbocycles. The van der Waals surface area contributed by atoms with Crippen LogP contribution in [0.3, 0.4) is 0 Å². The van der Waals surface area contributed by atoms with Crippen molar-refractivity contribution < 1.29 is 18.4 Å². The second-order valence-electron chi connectivity index (χ2n) is 4.96. The van der Waals surface area contributed by atoms with Gasteiger partial charge >= 0.3 is 0 Å². The minimum absolute atomic E-state index is 0.0543. The van der Waals surface area contributed by atoms with Crippen LogP contribution < -0.4 is 0 Å². The molecule has 6 heteroatoms. The van der Waals surface area contributed by atoms with Crippen LogP contribution >= 0.6 is 0 Å². The molecule has 2 aromatic rings. The summed E-state index contributed by atoms with van der Waals surface area (Å²) in [7, 11) is 0. The van der Waals surface area contributed by atoms with Crippen molar-refractivity contribution in [2.75, 3.05) is 26.2 Å². The molecule has 2 amide bonds. The van der Waals surface area contributed by atoms with E-state index < -0.39 is 0 Å². The summed E-state index contributed by atoms with van der Waals surface area (Å²) >= 11 is 0. The Bertz CT molecular complexity index is 549. The van der Waals surface area contributed by atoms with E-state index in [1.807, 2.05) is 0 Å². The monoisotopic (exact) mass is 288 g/mol. The molecule has 1 aliphatic rings. The maximum absolute atomic E-state index is 12.3. The molecule has 110 valence electrons. The van der Waals surface area contributed by atoms with Crippen LogP contribution in [-0.2, 0) is 0 Å². The van der Waals surface area contributed by atoms with Gasteiger partial charge in [-0.2, -0.15) is 0 Å². The van der Waals surface area contributed by atoms with E-state index in [4.69, 9.17) is 8.83 Å². The van der Waals surface area contributed by atoms with Crippen LogP contribution in [-0.4, -0.2) is 47.8 Å². The van der Waals surface area contributed by atoms with E-state index in [2.05, 4.69) is 0 Å². The third-order valence-corrected chi connectivity index (χ3v) is 3.61. The number of carbonyl (C=O) groups excluding carboxylic acids is 2. The van der Waals surface area contributed by atoms with E-state index >= 15 is 0 Å². The number of rotatable bonds is 2. The van der Waals surface area contributed by atoms with Crippen molar-refractivity contribution in [2.24, 2.45) is 0 Å². The smallest absolute Gasteiger partial charge is 0.257 e. The lowest BCUT2D eigenvalue weighted by atomic mass is 10.3. The predicted octanol–water partition coefficient (Wildman–Crippen LogP) is 1.86. The molecule has 0 radical (unpaired) electrons. The Kier molecular flexibility index (Phi) is 3.77. The fourth-order valence-corrected chi connectivity index (χ4v) is 2.46. The summed E-state index contributed by atoms with van der Waals surface area (Å²) in [5, 5.41) is 0. The second-order valence-corrected chi connectivity index (χ2v) is 4.96. The lowest BCUT2D eigenvalue weighted by Crippen LogP contribution is -2.37. The summed E-state index contributed by atoms with van der Waals surface area (Å²) in [4.78, 5) is 28.0. The number of amides is 2. The molecule has 21 heavy (non-hydrogen) atoms. The van der Waals surface area contributed by atoms with Crippen LogP contribution in [0, 0.1) is 0 Å². The highest BCUT2D eigenvalue weighted by atomic mass is 16.3. The van der Waals surface area contributed by atoms with Crippen molar-refractivity contribution >= 4 is 11.8 Å². The number of carbonyl (C=O) groups is 2. The Hall–Kier alpha value is -2.50. The Labute approximate surface area is 121 Å². The molecule has 6 nitrogen and oxygen atoms in total. The fourth-order valence-electron chi connectivity index (χ4n) is 2.46. The van der Waals surface area contributed by atoms with Crippen molar-refractivity contribution in [1.29, 1.82) is 0 Å². The highest BCUT2D eigenvalue weighted by Gasteiger charge is 2.24. The van der Waals surface area contributed by atoms with Crippen molar-refractivity contribution in [3.63, 3.8) is 0 Å². The maximum Gasteiger partial charge on any atom is 0.257 e. The Morgan fingerprint density at radius 2 is 1.29 bits per heavy atom. The first-order valence-corrected chi connectivity index (χ1v) is 6.88. The summed E-state index contributed by atoms with van der Waals surface area (Å²) in [5.41, 5.74) is 1.09. The minimum Gasteiger partial charge on any atom is -0.472 e. The van der Waals surface area contributed by atoms with Gasteiger partial charge in [0, 0.05) is 26.2 Å². The summed E-state index contributed by atoms with van der Waals surface area (Å²) in [6, 6.07) is 3.31. The van der Waals surface area contributed by atoms with Crippen LogP contribution in [0.1, 0.15) is 27.1 Å². The van der Waals surface area contributed by atoms with Gasteiger partial charge in [0.1, 0.15) is 12.5 Å². The first-order valence-electron chi connectivity index (χ1n) is 6.88. The average molecular weight is 288 g/mol. The first kappa shape index (κ1) is 13.5. The fraction of sp³-hybridized carbons (Fsp3) is 0.333. The van der Waals surface area contributed by atoms with Gasteiger partial charge in [0.2, 0.25) is 0 Å². The molecule has 0 saturated carbocycles. The molecule has 0 N–H and O–H groups in total. The Balaban J connectivity index is 1.64. The number of nitrogens with zero attached hydrogens (tertiary/aromatic N) is 2. The molecule has 0 spiro atoms. The van der Waals surface area contributed by atoms with E-state index in [0.717, 1.165) is 6.42 Å². The van der Waals surface area contributed by atoms with E-state index in [1.54, 1.807) is 21.9 Å². The van der Waals surface area contributed by atoms with Gasteiger partial charge < -0.3 is 18.6 Å². The van der Waals surface area contributed by atoms with Crippen molar-refractivity contribution in [1.82, 2.24) is 9.80 Å². The molecule has 3 rings (SSSR count). The third kappa shape index (κ3) is 2.84. The molecule has 0 atom stereocenters. The largest absolute Gasteiger partial charge is 0.472 e. The summed E-state index contributed by atoms with van der Waals surface area (Å²) in [5.74, 6) is -0.109. The number of hydrogen-bond donors (Lipinski definition) is 0. The molecule has 0 bridgehead atoms. The van der Waals surface area contributed by atoms with E-state index in [1.165, 1.54) is 25.1 Å². The molecule has 1 saturated heterocycles. The van der Waals surface area contributed by atoms with Gasteiger partial charge in [-0.05, 0) is 18.6 Å². The van der Waals surface area contributed by atoms with E-state index in [0.29, 0.717) is 37.3 Å². The molecule has 0 aromatic carbocycles. The highest BCUT2D eigenvalue weighted by Crippen LogP contribution is 2.12. The van der Waals surface area contributed by atoms with Crippen molar-refractivity contribution in [2.45, 2.75) is 6.42 Å². The average Bonchev–Trinajstić information content (AvgIpc) is 3.15. The summed E-state index contributed by atoms with van der Waals surface area (Å²) < 4.78 is 9.89. The molecule has 0 unspecified atom stereocenters. The molecule has 1 aliphatic heterocycles. The highest BCUT2D eigenvalue weighted by molar-refractivity contribution is 5.95. The van der Waals surface area contributed by atoms with E-state index in [9.17, 15) is 9.59 Å². The predicted molar refractivity (Wildman–Crippen MR) is 73.8 cm³/mol. The summed E-state index contributed by atoms with van der Waals surface area (Å²) in [6.07, 6.45) is 6.62. The Morgan fingerprint density at radius 3 is 1.67 bits per heavy atom. The number of furan rings is 2. The lowest BCUT2D eigenvalue weighted by Gasteiger charge is -2.21. The van der Waals surface area contributed by atoms with Gasteiger partial charge in [-0.15, -0.1) is 0 Å². The zero-order chi connectivity index (χ0) is 14.7. The zero-order valence-electron chi connectivity index (χ0n) is 11.5. The normalized spacial score (nSPS) is 15.8. The molecular weight excluding hydrogens is 272 g/mol. The first-order chi connectivity index (χ1) is 10.3. The minimum atomic E-state index is -0.0543. The zero-order valence-corrected chi connectivity index (χ0v) is 11.5. The molecular formula is C15H16N2O4. The van der Waals surface area contributed by atoms with Crippen LogP contribution in [0.2, 0.25) is 0 Å². The topological polar surface area (TPSA) is 66.9 Å². The van der Waals surface area contributed by atoms with Crippen LogP contribution in [0.5, 0.6) is 0 Å². The lowest BCUT2D eigenvalue weighted by molar-refractivity contribution is 0.0718. The standard InChI is InChI=1S/C15H16N2O4/c18-14(12-2-8-20-10-12)16-4-1-5-17(7-6-16)15(19)13-3-9-21-11-13/h2-3,8-11H,1,4-7H2. The quantitative estimate of drug-likeness (QED) is 0.846. The van der Waals surface area contributed by atoms with Gasteiger partial charge in [-0.3, -0.25) is 9.59 Å². The summed E-state index contributed by atoms with van der Waals surface area (Å²) in [6.45, 7) is 2.32. The third-order valence-electron chi connectivity index (χ3n) is 3.61. The van der Waals surface area contributed by atoms with Crippen molar-refractivity contribution in [3.8, 4) is 0 Å². The van der Waals surface area contributed by atoms with Gasteiger partial charge in [-0.25, -0.2) is 0 Å². The second kappa shape index (κ2) is 5.87. The van der Waals surface area contributed by atoms with Gasteiger partial charge in [0.05, 0.1) is 23.7 Å². The van der Waals surface area contributed by atoms with E-state index in [-0.39, 0.29) is 11.8 Å². The SMILES string of the molecule is O=C(c1ccoc1)N1CCCN(C(=O)c2ccoc2)CC1. The molecule has 1 fully saturated rings. The van der Waals surface area contributed by atoms with Crippen LogP contribution in [0.4, 0.5) is 0 Å². The van der Waals surface area contributed by atoms with Crippen molar-refractivity contribution in [3.05, 3.63) is 48.3 Å². The van der Waals surface area contributed by atoms with Gasteiger partial charge in [0.15, 0.2) is 0 Å². The van der Waals surface area contributed by atoms with Gasteiger partial charge in [0.25, 0.3) is 11.8 Å². The maximum atomic E-state index is 12.3. The molecule has 3 heterocycles. The van der Waals surface area contributed by atoms with Gasteiger partial charge in [-0.1, -0.05) is 0 Å². The van der Waals surface area contributed by atoms with Crippen LogP contribution in [0.25, 0.3) is 0 Å².